The third-order valence-electron chi connectivity index (χ3n) is 3.32. The highest BCUT2D eigenvalue weighted by Gasteiger charge is 2.25. The Morgan fingerprint density at radius 1 is 1.15 bits per heavy atom. The summed E-state index contributed by atoms with van der Waals surface area (Å²) in [6, 6.07) is 7.02. The summed E-state index contributed by atoms with van der Waals surface area (Å²) in [7, 11) is -3.33. The number of hydrogen-bond acceptors (Lipinski definition) is 6. The molecule has 0 radical (unpaired) electrons. The standard InChI is InChI=1S/C17H24N2O6S/c1-3-10-18-15(20)12-25-17(22)14(9-11-26(2,23)24)19-16(21)13-7-5-4-6-8-13/h4-8,14H,3,9-12H2,1-2H3,(H,18,20)(H,19,21)/t14-/m1/s1. The maximum atomic E-state index is 12.2. The molecule has 0 heterocycles. The Kier molecular flexibility index (Phi) is 8.77. The minimum absolute atomic E-state index is 0.146. The van der Waals surface area contributed by atoms with Crippen LogP contribution in [0.15, 0.2) is 30.3 Å². The molecule has 0 aliphatic rings. The molecule has 0 bridgehead atoms. The van der Waals surface area contributed by atoms with E-state index < -0.39 is 40.3 Å². The third-order valence-corrected chi connectivity index (χ3v) is 4.30. The van der Waals surface area contributed by atoms with Gasteiger partial charge in [0.1, 0.15) is 15.9 Å². The summed E-state index contributed by atoms with van der Waals surface area (Å²) in [5, 5.41) is 5.01. The molecule has 0 saturated carbocycles. The molecule has 8 nitrogen and oxygen atoms in total. The van der Waals surface area contributed by atoms with E-state index in [4.69, 9.17) is 4.74 Å². The second-order valence-corrected chi connectivity index (χ2v) is 8.03. The van der Waals surface area contributed by atoms with Crippen LogP contribution in [-0.2, 0) is 24.2 Å². The van der Waals surface area contributed by atoms with Gasteiger partial charge in [0, 0.05) is 18.4 Å². The van der Waals surface area contributed by atoms with Gasteiger partial charge in [0.05, 0.1) is 5.75 Å². The summed E-state index contributed by atoms with van der Waals surface area (Å²) in [6.07, 6.45) is 1.63. The van der Waals surface area contributed by atoms with Gasteiger partial charge >= 0.3 is 5.97 Å². The van der Waals surface area contributed by atoms with Gasteiger partial charge in [0.25, 0.3) is 11.8 Å². The van der Waals surface area contributed by atoms with Gasteiger partial charge in [-0.3, -0.25) is 9.59 Å². The van der Waals surface area contributed by atoms with Gasteiger partial charge in [0.2, 0.25) is 0 Å². The van der Waals surface area contributed by atoms with Crippen molar-refractivity contribution in [3.8, 4) is 0 Å². The van der Waals surface area contributed by atoms with Crippen molar-refractivity contribution in [2.75, 3.05) is 25.2 Å². The molecule has 9 heteroatoms. The second kappa shape index (κ2) is 10.5. The Morgan fingerprint density at radius 3 is 2.38 bits per heavy atom. The summed E-state index contributed by atoms with van der Waals surface area (Å²) in [5.74, 6) is -2.15. The van der Waals surface area contributed by atoms with E-state index in [0.717, 1.165) is 12.7 Å². The molecule has 1 atom stereocenters. The fourth-order valence-electron chi connectivity index (χ4n) is 1.96. The fraction of sp³-hybridized carbons (Fsp3) is 0.471. The minimum atomic E-state index is -3.33. The number of esters is 1. The Morgan fingerprint density at radius 2 is 1.81 bits per heavy atom. The Labute approximate surface area is 153 Å². The van der Waals surface area contributed by atoms with Gasteiger partial charge in [0.15, 0.2) is 6.61 Å². The van der Waals surface area contributed by atoms with Crippen LogP contribution in [0, 0.1) is 0 Å². The van der Waals surface area contributed by atoms with E-state index >= 15 is 0 Å². The minimum Gasteiger partial charge on any atom is -0.454 e. The molecule has 2 amide bonds. The van der Waals surface area contributed by atoms with Crippen LogP contribution in [0.5, 0.6) is 0 Å². The molecule has 1 aromatic rings. The van der Waals surface area contributed by atoms with Gasteiger partial charge in [-0.15, -0.1) is 0 Å². The zero-order chi connectivity index (χ0) is 19.6. The topological polar surface area (TPSA) is 119 Å². The van der Waals surface area contributed by atoms with Crippen molar-refractivity contribution in [3.63, 3.8) is 0 Å². The molecule has 1 aromatic carbocycles. The monoisotopic (exact) mass is 384 g/mol. The molecular formula is C17H24N2O6S. The van der Waals surface area contributed by atoms with Crippen LogP contribution < -0.4 is 10.6 Å². The Hall–Kier alpha value is -2.42. The van der Waals surface area contributed by atoms with Gasteiger partial charge in [-0.05, 0) is 25.0 Å². The number of nitrogens with one attached hydrogen (secondary N) is 2. The molecule has 144 valence electrons. The SMILES string of the molecule is CCCNC(=O)COC(=O)[C@@H](CCS(C)(=O)=O)NC(=O)c1ccccc1. The van der Waals surface area contributed by atoms with Gasteiger partial charge in [-0.2, -0.15) is 0 Å². The molecule has 0 spiro atoms. The van der Waals surface area contributed by atoms with E-state index in [1.165, 1.54) is 0 Å². The second-order valence-electron chi connectivity index (χ2n) is 5.77. The van der Waals surface area contributed by atoms with E-state index in [9.17, 15) is 22.8 Å². The van der Waals surface area contributed by atoms with Gasteiger partial charge in [-0.1, -0.05) is 25.1 Å². The first-order chi connectivity index (χ1) is 12.2. The summed E-state index contributed by atoms with van der Waals surface area (Å²) < 4.78 is 27.6. The van der Waals surface area contributed by atoms with Crippen LogP contribution in [0.3, 0.4) is 0 Å². The number of amides is 2. The highest BCUT2D eigenvalue weighted by Crippen LogP contribution is 2.04. The number of benzene rings is 1. The number of carbonyl (C=O) groups is 3. The molecule has 0 unspecified atom stereocenters. The number of rotatable bonds is 10. The molecule has 0 fully saturated rings. The van der Waals surface area contributed by atoms with Crippen molar-refractivity contribution in [2.24, 2.45) is 0 Å². The molecule has 2 N–H and O–H groups in total. The van der Waals surface area contributed by atoms with Crippen LogP contribution in [0.2, 0.25) is 0 Å². The normalized spacial score (nSPS) is 12.1. The predicted octanol–water partition coefficient (Wildman–Crippen LogP) is 0.289. The van der Waals surface area contributed by atoms with E-state index in [1.807, 2.05) is 6.92 Å². The summed E-state index contributed by atoms with van der Waals surface area (Å²) in [5.41, 5.74) is 0.324. The molecule has 1 rings (SSSR count). The van der Waals surface area contributed by atoms with Crippen LogP contribution in [0.1, 0.15) is 30.1 Å². The average Bonchev–Trinajstić information content (AvgIpc) is 2.61. The van der Waals surface area contributed by atoms with E-state index in [1.54, 1.807) is 30.3 Å². The first-order valence-corrected chi connectivity index (χ1v) is 10.3. The lowest BCUT2D eigenvalue weighted by atomic mass is 10.1. The number of ether oxygens (including phenoxy) is 1. The average molecular weight is 384 g/mol. The Balaban J connectivity index is 2.72. The molecule has 0 aliphatic heterocycles. The number of sulfone groups is 1. The molecule has 0 aromatic heterocycles. The van der Waals surface area contributed by atoms with Crippen LogP contribution in [-0.4, -0.2) is 57.4 Å². The van der Waals surface area contributed by atoms with Crippen LogP contribution in [0.4, 0.5) is 0 Å². The fourth-order valence-corrected chi connectivity index (χ4v) is 2.63. The molecule has 26 heavy (non-hydrogen) atoms. The lowest BCUT2D eigenvalue weighted by Gasteiger charge is -2.17. The lowest BCUT2D eigenvalue weighted by molar-refractivity contribution is -0.150. The van der Waals surface area contributed by atoms with Crippen molar-refractivity contribution in [1.82, 2.24) is 10.6 Å². The Bertz CT molecular complexity index is 718. The first kappa shape index (κ1) is 21.6. The van der Waals surface area contributed by atoms with Crippen molar-refractivity contribution >= 4 is 27.6 Å². The summed E-state index contributed by atoms with van der Waals surface area (Å²) >= 11 is 0. The zero-order valence-electron chi connectivity index (χ0n) is 14.9. The highest BCUT2D eigenvalue weighted by molar-refractivity contribution is 7.90. The maximum absolute atomic E-state index is 12.2. The molecule has 0 saturated heterocycles. The highest BCUT2D eigenvalue weighted by atomic mass is 32.2. The maximum Gasteiger partial charge on any atom is 0.329 e. The summed E-state index contributed by atoms with van der Waals surface area (Å²) in [4.78, 5) is 35.9. The predicted molar refractivity (Wildman–Crippen MR) is 96.3 cm³/mol. The quantitative estimate of drug-likeness (QED) is 0.560. The largest absolute Gasteiger partial charge is 0.454 e. The van der Waals surface area contributed by atoms with Crippen molar-refractivity contribution in [1.29, 1.82) is 0 Å². The van der Waals surface area contributed by atoms with Crippen molar-refractivity contribution < 1.29 is 27.5 Å². The number of hydrogen-bond donors (Lipinski definition) is 2. The third kappa shape index (κ3) is 8.61. The first-order valence-electron chi connectivity index (χ1n) is 8.20. The molecule has 0 aliphatic carbocycles. The van der Waals surface area contributed by atoms with E-state index in [0.29, 0.717) is 12.1 Å². The van der Waals surface area contributed by atoms with Gasteiger partial charge in [-0.25, -0.2) is 13.2 Å². The van der Waals surface area contributed by atoms with E-state index in [2.05, 4.69) is 10.6 Å². The number of carbonyl (C=O) groups excluding carboxylic acids is 3. The lowest BCUT2D eigenvalue weighted by Crippen LogP contribution is -2.44. The van der Waals surface area contributed by atoms with Crippen molar-refractivity contribution in [3.05, 3.63) is 35.9 Å². The zero-order valence-corrected chi connectivity index (χ0v) is 15.7. The smallest absolute Gasteiger partial charge is 0.329 e. The summed E-state index contributed by atoms with van der Waals surface area (Å²) in [6.45, 7) is 1.85. The van der Waals surface area contributed by atoms with Crippen LogP contribution >= 0.6 is 0 Å². The van der Waals surface area contributed by atoms with Crippen molar-refractivity contribution in [2.45, 2.75) is 25.8 Å². The van der Waals surface area contributed by atoms with E-state index in [-0.39, 0.29) is 12.2 Å². The van der Waals surface area contributed by atoms with Crippen LogP contribution in [0.25, 0.3) is 0 Å². The molecular weight excluding hydrogens is 360 g/mol. The van der Waals surface area contributed by atoms with Gasteiger partial charge < -0.3 is 15.4 Å².